The molecule has 4 heteroatoms. The fourth-order valence-electron chi connectivity index (χ4n) is 3.66. The Labute approximate surface area is 138 Å². The van der Waals surface area contributed by atoms with Crippen molar-refractivity contribution in [2.24, 2.45) is 5.92 Å². The number of hydrogen-bond donors (Lipinski definition) is 1. The molecule has 1 saturated heterocycles. The van der Waals surface area contributed by atoms with Crippen LogP contribution in [0.3, 0.4) is 0 Å². The van der Waals surface area contributed by atoms with Gasteiger partial charge in [-0.25, -0.2) is 0 Å². The molecule has 0 spiro atoms. The van der Waals surface area contributed by atoms with Crippen LogP contribution in [0.2, 0.25) is 0 Å². The Morgan fingerprint density at radius 3 is 2.57 bits per heavy atom. The number of aliphatic hydroxyl groups is 1. The molecule has 4 nitrogen and oxygen atoms in total. The molecule has 3 rings (SSSR count). The number of benzene rings is 1. The summed E-state index contributed by atoms with van der Waals surface area (Å²) in [5, 5.41) is 10.2. The van der Waals surface area contributed by atoms with Gasteiger partial charge in [-0.05, 0) is 61.7 Å². The van der Waals surface area contributed by atoms with Gasteiger partial charge in [-0.1, -0.05) is 12.1 Å². The van der Waals surface area contributed by atoms with Crippen LogP contribution in [0.15, 0.2) is 47.4 Å². The van der Waals surface area contributed by atoms with Gasteiger partial charge in [-0.3, -0.25) is 4.90 Å². The molecule has 0 amide bonds. The number of rotatable bonds is 4. The zero-order chi connectivity index (χ0) is 16.4. The molecule has 1 heterocycles. The molecule has 2 aliphatic rings. The second kappa shape index (κ2) is 6.67. The van der Waals surface area contributed by atoms with E-state index in [1.807, 2.05) is 18.2 Å². The zero-order valence-corrected chi connectivity index (χ0v) is 14.1. The molecule has 0 radical (unpaired) electrons. The SMILES string of the molecule is COC1=C(O)C=C2C(CCN(C)C2Cc2ccc(OC)cc2)C1. The van der Waals surface area contributed by atoms with Crippen LogP contribution in [-0.4, -0.2) is 43.9 Å². The van der Waals surface area contributed by atoms with E-state index in [2.05, 4.69) is 24.1 Å². The topological polar surface area (TPSA) is 41.9 Å². The normalized spacial score (nSPS) is 24.9. The second-order valence-electron chi connectivity index (χ2n) is 6.40. The summed E-state index contributed by atoms with van der Waals surface area (Å²) in [4.78, 5) is 2.39. The molecule has 2 atom stereocenters. The Morgan fingerprint density at radius 1 is 1.17 bits per heavy atom. The van der Waals surface area contributed by atoms with Crippen molar-refractivity contribution in [3.8, 4) is 5.75 Å². The Balaban J connectivity index is 1.85. The number of methoxy groups -OCH3 is 2. The minimum absolute atomic E-state index is 0.286. The lowest BCUT2D eigenvalue weighted by atomic mass is 9.78. The highest BCUT2D eigenvalue weighted by molar-refractivity contribution is 5.35. The summed E-state index contributed by atoms with van der Waals surface area (Å²) in [5.41, 5.74) is 2.61. The Morgan fingerprint density at radius 2 is 1.91 bits per heavy atom. The Kier molecular flexibility index (Phi) is 4.62. The standard InChI is InChI=1S/C19H25NO3/c1-20-9-8-14-11-19(23-3)18(21)12-16(14)17(20)10-13-4-6-15(22-2)7-5-13/h4-7,12,14,17,21H,8-11H2,1-3H3. The van der Waals surface area contributed by atoms with E-state index in [4.69, 9.17) is 9.47 Å². The van der Waals surface area contributed by atoms with Crippen molar-refractivity contribution in [1.29, 1.82) is 0 Å². The van der Waals surface area contributed by atoms with Crippen molar-refractivity contribution >= 4 is 0 Å². The summed E-state index contributed by atoms with van der Waals surface area (Å²) in [6.45, 7) is 1.07. The van der Waals surface area contributed by atoms with Gasteiger partial charge in [0.1, 0.15) is 11.5 Å². The molecule has 1 N–H and O–H groups in total. The average molecular weight is 315 g/mol. The van der Waals surface area contributed by atoms with Gasteiger partial charge in [-0.15, -0.1) is 0 Å². The third-order valence-corrected chi connectivity index (χ3v) is 5.07. The molecule has 0 bridgehead atoms. The predicted molar refractivity (Wildman–Crippen MR) is 90.6 cm³/mol. The summed E-state index contributed by atoms with van der Waals surface area (Å²) >= 11 is 0. The maximum atomic E-state index is 10.2. The van der Waals surface area contributed by atoms with Crippen molar-refractivity contribution in [3.63, 3.8) is 0 Å². The highest BCUT2D eigenvalue weighted by Gasteiger charge is 2.35. The van der Waals surface area contributed by atoms with Crippen LogP contribution in [0.25, 0.3) is 0 Å². The van der Waals surface area contributed by atoms with Crippen molar-refractivity contribution < 1.29 is 14.6 Å². The van der Waals surface area contributed by atoms with Gasteiger partial charge in [-0.2, -0.15) is 0 Å². The van der Waals surface area contributed by atoms with Gasteiger partial charge in [0.15, 0.2) is 5.76 Å². The van der Waals surface area contributed by atoms with E-state index < -0.39 is 0 Å². The molecule has 23 heavy (non-hydrogen) atoms. The number of likely N-dealkylation sites (tertiary alicyclic amines) is 1. The molecule has 1 aromatic carbocycles. The molecule has 2 unspecified atom stereocenters. The maximum Gasteiger partial charge on any atom is 0.153 e. The van der Waals surface area contributed by atoms with Crippen LogP contribution in [0.5, 0.6) is 5.75 Å². The third kappa shape index (κ3) is 3.22. The smallest absolute Gasteiger partial charge is 0.153 e. The molecular formula is C19H25NO3. The van der Waals surface area contributed by atoms with Crippen molar-refractivity contribution in [1.82, 2.24) is 4.90 Å². The number of nitrogens with zero attached hydrogens (tertiary/aromatic N) is 1. The highest BCUT2D eigenvalue weighted by Crippen LogP contribution is 2.38. The summed E-state index contributed by atoms with van der Waals surface area (Å²) in [7, 11) is 5.48. The van der Waals surface area contributed by atoms with Crippen LogP contribution >= 0.6 is 0 Å². The predicted octanol–water partition coefficient (Wildman–Crippen LogP) is 3.30. The van der Waals surface area contributed by atoms with Crippen LogP contribution in [0, 0.1) is 5.92 Å². The number of hydrogen-bond acceptors (Lipinski definition) is 4. The molecule has 0 aromatic heterocycles. The zero-order valence-electron chi connectivity index (χ0n) is 14.1. The Hall–Kier alpha value is -1.94. The number of aliphatic hydroxyl groups excluding tert-OH is 1. The fourth-order valence-corrected chi connectivity index (χ4v) is 3.66. The largest absolute Gasteiger partial charge is 0.504 e. The number of likely N-dealkylation sites (N-methyl/N-ethyl adjacent to an activating group) is 1. The number of allylic oxidation sites excluding steroid dienone is 2. The minimum Gasteiger partial charge on any atom is -0.504 e. The van der Waals surface area contributed by atoms with E-state index in [1.54, 1.807) is 14.2 Å². The summed E-state index contributed by atoms with van der Waals surface area (Å²) in [6, 6.07) is 8.57. The van der Waals surface area contributed by atoms with Crippen molar-refractivity contribution in [2.45, 2.75) is 25.3 Å². The molecule has 1 aromatic rings. The number of ether oxygens (including phenoxy) is 2. The Bertz CT molecular complexity index is 618. The molecule has 1 aliphatic heterocycles. The first-order chi connectivity index (χ1) is 11.1. The first-order valence-corrected chi connectivity index (χ1v) is 8.13. The molecular weight excluding hydrogens is 290 g/mol. The lowest BCUT2D eigenvalue weighted by molar-refractivity contribution is 0.170. The van der Waals surface area contributed by atoms with Gasteiger partial charge >= 0.3 is 0 Å². The van der Waals surface area contributed by atoms with Crippen molar-refractivity contribution in [2.75, 3.05) is 27.8 Å². The average Bonchev–Trinajstić information content (AvgIpc) is 2.58. The lowest BCUT2D eigenvalue weighted by Crippen LogP contribution is -2.44. The summed E-state index contributed by atoms with van der Waals surface area (Å²) in [6.07, 6.45) is 4.79. The van der Waals surface area contributed by atoms with E-state index in [0.717, 1.165) is 31.6 Å². The minimum atomic E-state index is 0.286. The van der Waals surface area contributed by atoms with Crippen LogP contribution in [-0.2, 0) is 11.2 Å². The molecule has 0 saturated carbocycles. The highest BCUT2D eigenvalue weighted by atomic mass is 16.5. The van der Waals surface area contributed by atoms with Gasteiger partial charge in [0.25, 0.3) is 0 Å². The number of fused-ring (bicyclic) bond motifs is 1. The molecule has 1 fully saturated rings. The number of piperidine rings is 1. The van der Waals surface area contributed by atoms with E-state index >= 15 is 0 Å². The van der Waals surface area contributed by atoms with E-state index in [-0.39, 0.29) is 5.76 Å². The van der Waals surface area contributed by atoms with Gasteiger partial charge in [0.2, 0.25) is 0 Å². The van der Waals surface area contributed by atoms with Gasteiger partial charge in [0, 0.05) is 12.5 Å². The molecule has 124 valence electrons. The summed E-state index contributed by atoms with van der Waals surface area (Å²) in [5.74, 6) is 2.35. The maximum absolute atomic E-state index is 10.2. The van der Waals surface area contributed by atoms with E-state index in [0.29, 0.717) is 17.7 Å². The second-order valence-corrected chi connectivity index (χ2v) is 6.40. The first-order valence-electron chi connectivity index (χ1n) is 8.13. The van der Waals surface area contributed by atoms with Crippen LogP contribution in [0.1, 0.15) is 18.4 Å². The van der Waals surface area contributed by atoms with E-state index in [1.165, 1.54) is 11.1 Å². The van der Waals surface area contributed by atoms with Gasteiger partial charge in [0.05, 0.1) is 14.2 Å². The molecule has 1 aliphatic carbocycles. The fraction of sp³-hybridized carbons (Fsp3) is 0.474. The monoisotopic (exact) mass is 315 g/mol. The van der Waals surface area contributed by atoms with E-state index in [9.17, 15) is 5.11 Å². The summed E-state index contributed by atoms with van der Waals surface area (Å²) < 4.78 is 10.5. The van der Waals surface area contributed by atoms with Crippen LogP contribution < -0.4 is 4.74 Å². The first kappa shape index (κ1) is 15.9. The quantitative estimate of drug-likeness (QED) is 0.925. The van der Waals surface area contributed by atoms with Gasteiger partial charge < -0.3 is 14.6 Å². The lowest BCUT2D eigenvalue weighted by Gasteiger charge is -2.41. The van der Waals surface area contributed by atoms with Crippen LogP contribution in [0.4, 0.5) is 0 Å². The van der Waals surface area contributed by atoms with Crippen molar-refractivity contribution in [3.05, 3.63) is 53.0 Å². The third-order valence-electron chi connectivity index (χ3n) is 5.07.